The van der Waals surface area contributed by atoms with Gasteiger partial charge in [-0.15, -0.1) is 0 Å². The molecule has 0 N–H and O–H groups in total. The third-order valence-electron chi connectivity index (χ3n) is 2.07. The largest absolute Gasteiger partial charge is 0.442 e. The molecular weight excluding hydrogens is 251 g/mol. The maximum absolute atomic E-state index is 11.9. The Hall–Kier alpha value is -1.17. The summed E-state index contributed by atoms with van der Waals surface area (Å²) < 4.78 is 35.7. The Kier molecular flexibility index (Phi) is 4.45. The molecule has 0 aliphatic heterocycles. The summed E-state index contributed by atoms with van der Waals surface area (Å²) in [7, 11) is 3.69. The number of Topliss-reactive ketones (excluding diaryl/α,β-unsaturated/α-hetero) is 1. The first-order chi connectivity index (χ1) is 7.79. The lowest BCUT2D eigenvalue weighted by Crippen LogP contribution is -2.11. The molecule has 17 heavy (non-hydrogen) atoms. The molecule has 0 bridgehead atoms. The number of carbonyl (C=O) groups excluding carboxylic acids is 1. The van der Waals surface area contributed by atoms with Gasteiger partial charge in [0.15, 0.2) is 5.78 Å². The van der Waals surface area contributed by atoms with Crippen LogP contribution in [-0.4, -0.2) is 31.1 Å². The zero-order valence-electron chi connectivity index (χ0n) is 9.41. The lowest BCUT2D eigenvalue weighted by molar-refractivity contribution is -0.0327. The predicted molar refractivity (Wildman–Crippen MR) is 63.6 cm³/mol. The van der Waals surface area contributed by atoms with Gasteiger partial charge in [-0.3, -0.25) is 4.79 Å². The van der Waals surface area contributed by atoms with Crippen LogP contribution in [0, 0.1) is 0 Å². The van der Waals surface area contributed by atoms with Gasteiger partial charge in [-0.1, -0.05) is 0 Å². The maximum Gasteiger partial charge on any atom is 0.442 e. The zero-order valence-corrected chi connectivity index (χ0v) is 10.2. The summed E-state index contributed by atoms with van der Waals surface area (Å²) in [5.74, 6) is -1.09. The van der Waals surface area contributed by atoms with Crippen molar-refractivity contribution in [1.82, 2.24) is 0 Å². The molecule has 0 amide bonds. The molecule has 0 saturated heterocycles. The first-order valence-electron chi connectivity index (χ1n) is 4.81. The molecule has 0 atom stereocenters. The molecule has 1 aromatic rings. The number of rotatable bonds is 4. The highest BCUT2D eigenvalue weighted by atomic mass is 32.2. The number of anilines is 1. The second-order valence-electron chi connectivity index (χ2n) is 3.60. The van der Waals surface area contributed by atoms with Gasteiger partial charge in [-0.05, 0) is 36.0 Å². The normalized spacial score (nSPS) is 11.4. The van der Waals surface area contributed by atoms with Crippen LogP contribution >= 0.6 is 11.8 Å². The molecule has 0 saturated carbocycles. The number of ketones is 1. The van der Waals surface area contributed by atoms with Gasteiger partial charge >= 0.3 is 5.51 Å². The van der Waals surface area contributed by atoms with Gasteiger partial charge in [0.25, 0.3) is 0 Å². The highest BCUT2D eigenvalue weighted by Crippen LogP contribution is 2.30. The summed E-state index contributed by atoms with van der Waals surface area (Å²) in [6.45, 7) is 0. The summed E-state index contributed by atoms with van der Waals surface area (Å²) in [5, 5.41) is 0. The van der Waals surface area contributed by atoms with E-state index in [1.54, 1.807) is 12.1 Å². The van der Waals surface area contributed by atoms with Gasteiger partial charge in [-0.25, -0.2) is 0 Å². The molecule has 1 rings (SSSR count). The van der Waals surface area contributed by atoms with Crippen molar-refractivity contribution >= 4 is 23.2 Å². The van der Waals surface area contributed by atoms with Crippen LogP contribution in [0.2, 0.25) is 0 Å². The SMILES string of the molecule is CN(C)c1ccc(C(=O)CSC(F)(F)F)cc1. The van der Waals surface area contributed by atoms with E-state index >= 15 is 0 Å². The summed E-state index contributed by atoms with van der Waals surface area (Å²) in [4.78, 5) is 13.3. The summed E-state index contributed by atoms with van der Waals surface area (Å²) in [6.07, 6.45) is 0. The number of alkyl halides is 3. The van der Waals surface area contributed by atoms with Crippen LogP contribution < -0.4 is 4.90 Å². The molecule has 0 unspecified atom stereocenters. The molecule has 0 spiro atoms. The third kappa shape index (κ3) is 4.68. The van der Waals surface area contributed by atoms with E-state index in [2.05, 4.69) is 0 Å². The topological polar surface area (TPSA) is 20.3 Å². The number of nitrogens with zero attached hydrogens (tertiary/aromatic N) is 1. The van der Waals surface area contributed by atoms with Gasteiger partial charge in [0, 0.05) is 25.3 Å². The predicted octanol–water partition coefficient (Wildman–Crippen LogP) is 3.19. The lowest BCUT2D eigenvalue weighted by atomic mass is 10.1. The standard InChI is InChI=1S/C11H12F3NOS/c1-15(2)9-5-3-8(4-6-9)10(16)7-17-11(12,13)14/h3-6H,7H2,1-2H3. The Morgan fingerprint density at radius 2 is 1.76 bits per heavy atom. The van der Waals surface area contributed by atoms with Crippen molar-refractivity contribution in [3.05, 3.63) is 29.8 Å². The van der Waals surface area contributed by atoms with Crippen LogP contribution in [0.4, 0.5) is 18.9 Å². The van der Waals surface area contributed by atoms with Crippen molar-refractivity contribution in [2.75, 3.05) is 24.7 Å². The molecule has 0 aromatic heterocycles. The van der Waals surface area contributed by atoms with E-state index in [0.29, 0.717) is 5.56 Å². The number of halogens is 3. The van der Waals surface area contributed by atoms with E-state index < -0.39 is 17.0 Å². The summed E-state index contributed by atoms with van der Waals surface area (Å²) in [5.41, 5.74) is -3.17. The van der Waals surface area contributed by atoms with E-state index in [-0.39, 0.29) is 11.8 Å². The third-order valence-corrected chi connectivity index (χ3v) is 2.81. The van der Waals surface area contributed by atoms with Crippen molar-refractivity contribution in [3.8, 4) is 0 Å². The van der Waals surface area contributed by atoms with E-state index in [0.717, 1.165) is 5.69 Å². The van der Waals surface area contributed by atoms with Crippen molar-refractivity contribution in [2.24, 2.45) is 0 Å². The lowest BCUT2D eigenvalue weighted by Gasteiger charge is -2.12. The zero-order chi connectivity index (χ0) is 13.1. The Labute approximate surface area is 102 Å². The first-order valence-corrected chi connectivity index (χ1v) is 5.79. The van der Waals surface area contributed by atoms with Gasteiger partial charge in [-0.2, -0.15) is 13.2 Å². The van der Waals surface area contributed by atoms with Crippen LogP contribution in [0.15, 0.2) is 24.3 Å². The highest BCUT2D eigenvalue weighted by Gasteiger charge is 2.29. The van der Waals surface area contributed by atoms with Gasteiger partial charge in [0.1, 0.15) is 0 Å². The number of hydrogen-bond acceptors (Lipinski definition) is 3. The van der Waals surface area contributed by atoms with Crippen LogP contribution in [-0.2, 0) is 0 Å². The van der Waals surface area contributed by atoms with E-state index in [1.807, 2.05) is 19.0 Å². The number of thioether (sulfide) groups is 1. The van der Waals surface area contributed by atoms with Crippen molar-refractivity contribution < 1.29 is 18.0 Å². The summed E-state index contributed by atoms with van der Waals surface area (Å²) in [6, 6.07) is 6.47. The number of benzene rings is 1. The summed E-state index contributed by atoms with van der Waals surface area (Å²) >= 11 is -0.313. The molecule has 1 aromatic carbocycles. The average Bonchev–Trinajstić information content (AvgIpc) is 2.25. The Morgan fingerprint density at radius 3 is 2.18 bits per heavy atom. The van der Waals surface area contributed by atoms with E-state index in [1.165, 1.54) is 12.1 Å². The molecule has 0 aliphatic rings. The molecular formula is C11H12F3NOS. The molecule has 0 heterocycles. The smallest absolute Gasteiger partial charge is 0.378 e. The second-order valence-corrected chi connectivity index (χ2v) is 4.64. The Morgan fingerprint density at radius 1 is 1.24 bits per heavy atom. The van der Waals surface area contributed by atoms with Gasteiger partial charge in [0.2, 0.25) is 0 Å². The maximum atomic E-state index is 11.9. The fourth-order valence-electron chi connectivity index (χ4n) is 1.18. The Bertz CT molecular complexity index is 387. The quantitative estimate of drug-likeness (QED) is 0.778. The molecule has 94 valence electrons. The molecule has 2 nitrogen and oxygen atoms in total. The monoisotopic (exact) mass is 263 g/mol. The van der Waals surface area contributed by atoms with Crippen LogP contribution in [0.5, 0.6) is 0 Å². The molecule has 0 fully saturated rings. The van der Waals surface area contributed by atoms with Gasteiger partial charge in [0.05, 0.1) is 5.75 Å². The van der Waals surface area contributed by atoms with Crippen LogP contribution in [0.3, 0.4) is 0 Å². The Balaban J connectivity index is 2.64. The van der Waals surface area contributed by atoms with Crippen LogP contribution in [0.1, 0.15) is 10.4 Å². The van der Waals surface area contributed by atoms with Gasteiger partial charge < -0.3 is 4.90 Å². The molecule has 0 radical (unpaired) electrons. The first kappa shape index (κ1) is 13.9. The minimum absolute atomic E-state index is 0.298. The van der Waals surface area contributed by atoms with E-state index in [9.17, 15) is 18.0 Å². The average molecular weight is 263 g/mol. The highest BCUT2D eigenvalue weighted by molar-refractivity contribution is 8.00. The van der Waals surface area contributed by atoms with Crippen molar-refractivity contribution in [2.45, 2.75) is 5.51 Å². The minimum atomic E-state index is -4.36. The number of carbonyl (C=O) groups is 1. The number of hydrogen-bond donors (Lipinski definition) is 0. The molecule has 6 heteroatoms. The second kappa shape index (κ2) is 5.44. The van der Waals surface area contributed by atoms with Crippen LogP contribution in [0.25, 0.3) is 0 Å². The minimum Gasteiger partial charge on any atom is -0.378 e. The molecule has 0 aliphatic carbocycles. The van der Waals surface area contributed by atoms with Crippen molar-refractivity contribution in [1.29, 1.82) is 0 Å². The fraction of sp³-hybridized carbons (Fsp3) is 0.364. The van der Waals surface area contributed by atoms with E-state index in [4.69, 9.17) is 0 Å². The van der Waals surface area contributed by atoms with Crippen molar-refractivity contribution in [3.63, 3.8) is 0 Å². The fourth-order valence-corrected chi connectivity index (χ4v) is 1.64.